The molecule has 0 aliphatic heterocycles. The topological polar surface area (TPSA) is 34.9 Å². The van der Waals surface area contributed by atoms with Crippen LogP contribution in [0.4, 0.5) is 4.39 Å². The van der Waals surface area contributed by atoms with E-state index in [1.54, 1.807) is 6.07 Å². The standard InChI is InChI=1S/C13H8ClFN2OS/c14-9-1-2-10(15)8(5-9)6-17-7-16-11-3-4-19-12(11)13(17)18/h1-5,7H,6H2. The first-order valence-corrected chi connectivity index (χ1v) is 6.77. The van der Waals surface area contributed by atoms with Crippen molar-refractivity contribution in [3.05, 3.63) is 62.7 Å². The Bertz CT molecular complexity index is 812. The van der Waals surface area contributed by atoms with Gasteiger partial charge < -0.3 is 0 Å². The Kier molecular flexibility index (Phi) is 3.08. The summed E-state index contributed by atoms with van der Waals surface area (Å²) >= 11 is 7.16. The summed E-state index contributed by atoms with van der Waals surface area (Å²) in [5, 5.41) is 2.25. The minimum absolute atomic E-state index is 0.117. The van der Waals surface area contributed by atoms with Crippen LogP contribution in [0, 0.1) is 5.82 Å². The van der Waals surface area contributed by atoms with Crippen LogP contribution in [0.1, 0.15) is 5.56 Å². The number of halogens is 2. The smallest absolute Gasteiger partial charge is 0.271 e. The largest absolute Gasteiger partial charge is 0.293 e. The van der Waals surface area contributed by atoms with Crippen LogP contribution in [0.5, 0.6) is 0 Å². The first kappa shape index (κ1) is 12.3. The van der Waals surface area contributed by atoms with Crippen LogP contribution in [0.25, 0.3) is 10.2 Å². The molecule has 3 aromatic rings. The zero-order valence-electron chi connectivity index (χ0n) is 9.64. The molecule has 3 nitrogen and oxygen atoms in total. The number of aromatic nitrogens is 2. The Morgan fingerprint density at radius 2 is 2.21 bits per heavy atom. The van der Waals surface area contributed by atoms with Crippen LogP contribution in [-0.4, -0.2) is 9.55 Å². The number of rotatable bonds is 2. The van der Waals surface area contributed by atoms with Crippen LogP contribution < -0.4 is 5.56 Å². The molecule has 0 bridgehead atoms. The van der Waals surface area contributed by atoms with Crippen molar-refractivity contribution in [2.24, 2.45) is 0 Å². The molecule has 19 heavy (non-hydrogen) atoms. The molecule has 0 amide bonds. The van der Waals surface area contributed by atoms with E-state index >= 15 is 0 Å². The quantitative estimate of drug-likeness (QED) is 0.727. The summed E-state index contributed by atoms with van der Waals surface area (Å²) in [6.45, 7) is 0.117. The van der Waals surface area contributed by atoms with Crippen molar-refractivity contribution in [1.82, 2.24) is 9.55 Å². The van der Waals surface area contributed by atoms with Gasteiger partial charge in [-0.3, -0.25) is 9.36 Å². The Balaban J connectivity index is 2.08. The maximum atomic E-state index is 13.6. The molecule has 0 spiro atoms. The Morgan fingerprint density at radius 3 is 3.05 bits per heavy atom. The van der Waals surface area contributed by atoms with Crippen LogP contribution in [0.2, 0.25) is 5.02 Å². The van der Waals surface area contributed by atoms with Gasteiger partial charge in [0, 0.05) is 10.6 Å². The molecule has 0 N–H and O–H groups in total. The van der Waals surface area contributed by atoms with Gasteiger partial charge in [0.15, 0.2) is 0 Å². The lowest BCUT2D eigenvalue weighted by molar-refractivity contribution is 0.595. The number of thiophene rings is 1. The second kappa shape index (κ2) is 4.75. The van der Waals surface area contributed by atoms with Crippen LogP contribution in [-0.2, 0) is 6.54 Å². The summed E-state index contributed by atoms with van der Waals surface area (Å²) in [6.07, 6.45) is 1.43. The van der Waals surface area contributed by atoms with E-state index in [2.05, 4.69) is 4.98 Å². The molecule has 6 heteroatoms. The molecule has 0 saturated heterocycles. The van der Waals surface area contributed by atoms with E-state index in [9.17, 15) is 9.18 Å². The molecule has 1 aromatic carbocycles. The van der Waals surface area contributed by atoms with Gasteiger partial charge in [0.25, 0.3) is 5.56 Å². The number of fused-ring (bicyclic) bond motifs is 1. The minimum Gasteiger partial charge on any atom is -0.293 e. The highest BCUT2D eigenvalue weighted by molar-refractivity contribution is 7.17. The van der Waals surface area contributed by atoms with Crippen LogP contribution in [0.15, 0.2) is 40.8 Å². The summed E-state index contributed by atoms with van der Waals surface area (Å²) in [5.41, 5.74) is 0.865. The first-order chi connectivity index (χ1) is 9.15. The second-order valence-corrected chi connectivity index (χ2v) is 5.40. The SMILES string of the molecule is O=c1c2sccc2ncn1Cc1cc(Cl)ccc1F. The monoisotopic (exact) mass is 294 g/mol. The van der Waals surface area contributed by atoms with Gasteiger partial charge in [-0.1, -0.05) is 11.6 Å². The molecule has 96 valence electrons. The van der Waals surface area contributed by atoms with Gasteiger partial charge in [-0.15, -0.1) is 11.3 Å². The third kappa shape index (κ3) is 2.27. The van der Waals surface area contributed by atoms with Gasteiger partial charge in [0.05, 0.1) is 18.4 Å². The van der Waals surface area contributed by atoms with Gasteiger partial charge >= 0.3 is 0 Å². The lowest BCUT2D eigenvalue weighted by atomic mass is 10.2. The maximum Gasteiger partial charge on any atom is 0.271 e. The lowest BCUT2D eigenvalue weighted by Crippen LogP contribution is -2.20. The van der Waals surface area contributed by atoms with E-state index in [-0.39, 0.29) is 17.9 Å². The maximum absolute atomic E-state index is 13.6. The molecule has 0 aliphatic carbocycles. The molecule has 2 heterocycles. The van der Waals surface area contributed by atoms with E-state index in [1.807, 2.05) is 5.38 Å². The number of nitrogens with zero attached hydrogens (tertiary/aromatic N) is 2. The van der Waals surface area contributed by atoms with E-state index in [0.29, 0.717) is 20.8 Å². The first-order valence-electron chi connectivity index (χ1n) is 5.52. The molecule has 0 aliphatic rings. The fraction of sp³-hybridized carbons (Fsp3) is 0.0769. The predicted molar refractivity (Wildman–Crippen MR) is 74.4 cm³/mol. The van der Waals surface area contributed by atoms with Crippen molar-refractivity contribution < 1.29 is 4.39 Å². The molecule has 3 rings (SSSR count). The molecule has 0 saturated carbocycles. The molecular formula is C13H8ClFN2OS. The second-order valence-electron chi connectivity index (χ2n) is 4.05. The summed E-state index contributed by atoms with van der Waals surface area (Å²) in [7, 11) is 0. The zero-order valence-corrected chi connectivity index (χ0v) is 11.2. The zero-order chi connectivity index (χ0) is 13.4. The fourth-order valence-corrected chi connectivity index (χ4v) is 2.83. The summed E-state index contributed by atoms with van der Waals surface area (Å²) in [4.78, 5) is 16.3. The Morgan fingerprint density at radius 1 is 1.37 bits per heavy atom. The van der Waals surface area contributed by atoms with Crippen LogP contribution in [0.3, 0.4) is 0 Å². The number of hydrogen-bond acceptors (Lipinski definition) is 3. The van der Waals surface area contributed by atoms with Gasteiger partial charge in [-0.2, -0.15) is 0 Å². The lowest BCUT2D eigenvalue weighted by Gasteiger charge is -2.06. The number of benzene rings is 1. The third-order valence-corrected chi connectivity index (χ3v) is 3.91. The van der Waals surface area contributed by atoms with Crippen molar-refractivity contribution in [3.63, 3.8) is 0 Å². The third-order valence-electron chi connectivity index (χ3n) is 2.78. The minimum atomic E-state index is -0.387. The van der Waals surface area contributed by atoms with Crippen molar-refractivity contribution in [2.45, 2.75) is 6.54 Å². The van der Waals surface area contributed by atoms with Gasteiger partial charge in [-0.05, 0) is 29.6 Å². The van der Waals surface area contributed by atoms with Gasteiger partial charge in [0.2, 0.25) is 0 Å². The van der Waals surface area contributed by atoms with Crippen molar-refractivity contribution in [2.75, 3.05) is 0 Å². The predicted octanol–water partition coefficient (Wildman–Crippen LogP) is 3.30. The average Bonchev–Trinajstić information content (AvgIpc) is 2.86. The van der Waals surface area contributed by atoms with Crippen molar-refractivity contribution in [3.8, 4) is 0 Å². The molecule has 0 fully saturated rings. The van der Waals surface area contributed by atoms with Gasteiger partial charge in [0.1, 0.15) is 10.5 Å². The summed E-state index contributed by atoms with van der Waals surface area (Å²) in [5.74, 6) is -0.387. The highest BCUT2D eigenvalue weighted by Gasteiger charge is 2.08. The molecule has 0 atom stereocenters. The van der Waals surface area contributed by atoms with E-state index in [4.69, 9.17) is 11.6 Å². The van der Waals surface area contributed by atoms with E-state index < -0.39 is 0 Å². The van der Waals surface area contributed by atoms with Gasteiger partial charge in [-0.25, -0.2) is 9.37 Å². The fourth-order valence-electron chi connectivity index (χ4n) is 1.84. The van der Waals surface area contributed by atoms with E-state index in [0.717, 1.165) is 0 Å². The highest BCUT2D eigenvalue weighted by Crippen LogP contribution is 2.17. The molecule has 0 radical (unpaired) electrons. The Labute approximate surface area is 116 Å². The molecule has 0 unspecified atom stereocenters. The van der Waals surface area contributed by atoms with Crippen molar-refractivity contribution in [1.29, 1.82) is 0 Å². The average molecular weight is 295 g/mol. The van der Waals surface area contributed by atoms with Crippen LogP contribution >= 0.6 is 22.9 Å². The summed E-state index contributed by atoms with van der Waals surface area (Å²) < 4.78 is 15.6. The Hall–Kier alpha value is -1.72. The molecular weight excluding hydrogens is 287 g/mol. The summed E-state index contributed by atoms with van der Waals surface area (Å²) in [6, 6.07) is 6.07. The highest BCUT2D eigenvalue weighted by atomic mass is 35.5. The van der Waals surface area contributed by atoms with Crippen molar-refractivity contribution >= 4 is 33.2 Å². The number of hydrogen-bond donors (Lipinski definition) is 0. The normalized spacial score (nSPS) is 11.1. The molecule has 2 aromatic heterocycles. The van der Waals surface area contributed by atoms with E-state index in [1.165, 1.54) is 40.4 Å².